The molecule has 0 aromatic heterocycles. The number of rotatable bonds is 78. The van der Waals surface area contributed by atoms with Crippen molar-refractivity contribution in [3.63, 3.8) is 0 Å². The monoisotopic (exact) mass is 1540 g/mol. The van der Waals surface area contributed by atoms with E-state index in [1.807, 2.05) is 0 Å². The van der Waals surface area contributed by atoms with Gasteiger partial charge in [0.2, 0.25) is 0 Å². The van der Waals surface area contributed by atoms with Gasteiger partial charge in [-0.15, -0.1) is 0 Å². The van der Waals surface area contributed by atoms with Crippen molar-refractivity contribution in [3.8, 4) is 0 Å². The smallest absolute Gasteiger partial charge is 0.463 e. The quantitative estimate of drug-likeness (QED) is 0.0146. The van der Waals surface area contributed by atoms with Crippen LogP contribution in [-0.2, 0) is 55.8 Å². The average Bonchev–Trinajstić information content (AvgIpc) is 0.909. The van der Waals surface area contributed by atoms with E-state index in [1.54, 1.807) is 0 Å². The van der Waals surface area contributed by atoms with E-state index in [-0.39, 0.29) is 19.3 Å². The summed E-state index contributed by atoms with van der Waals surface area (Å²) in [6.45, 7) is 2.34. The molecule has 0 aliphatic carbocycles. The second-order valence-corrected chi connectivity index (χ2v) is 30.4. The Bertz CT molecular complexity index is 2580. The number of carbonyl (C=O) groups excluding carboxylic acids is 3. The standard InChI is InChI=1S/C89H150O16P2/c1-4-7-10-13-16-19-22-25-28-31-33-35-37-38-39-40-41-42-43-44-46-48-49-52-54-57-60-63-66-69-72-75-87(92)99-78-84(90)79-101-106(95,96)102-80-85(91)81-103-107(97,98)104-83-86(105-89(94)77-74-71-68-65-62-59-56-51-30-27-24-21-18-15-12-9-6-3)82-100-88(93)76-73-70-67-64-61-58-55-53-50-47-45-36-34-32-29-26-23-20-17-14-11-8-5-2/h7-12,16-21,25-30,33-36,38-39,47,50,84-86,90-91H,4-6,13-15,22-24,31-32,37,40-46,48-49,51-83H2,1-3H3,(H,95,96)(H,97,98)/b10-7-,11-8-,12-9-,19-16-,20-17-,21-18-,28-25-,29-26-,30-27-,35-33-,36-34-,39-38-,50-47-. The van der Waals surface area contributed by atoms with E-state index in [2.05, 4.69) is 179 Å². The Hall–Kier alpha value is -4.83. The van der Waals surface area contributed by atoms with Crippen LogP contribution in [0.2, 0.25) is 0 Å². The third-order valence-corrected chi connectivity index (χ3v) is 19.1. The van der Waals surface area contributed by atoms with Gasteiger partial charge in [0.15, 0.2) is 6.10 Å². The summed E-state index contributed by atoms with van der Waals surface area (Å²) < 4.78 is 61.3. The summed E-state index contributed by atoms with van der Waals surface area (Å²) in [5.74, 6) is -1.60. The van der Waals surface area contributed by atoms with E-state index in [9.17, 15) is 43.5 Å². The van der Waals surface area contributed by atoms with Crippen molar-refractivity contribution in [3.05, 3.63) is 158 Å². The minimum Gasteiger partial charge on any atom is -0.463 e. The Balaban J connectivity index is 4.54. The molecule has 107 heavy (non-hydrogen) atoms. The van der Waals surface area contributed by atoms with Gasteiger partial charge < -0.3 is 34.2 Å². The number of ether oxygens (including phenoxy) is 3. The fourth-order valence-electron chi connectivity index (χ4n) is 11.0. The number of hydrogen-bond acceptors (Lipinski definition) is 14. The first-order chi connectivity index (χ1) is 52.2. The Morgan fingerprint density at radius 3 is 0.738 bits per heavy atom. The van der Waals surface area contributed by atoms with E-state index < -0.39 is 91.5 Å². The minimum atomic E-state index is -4.94. The molecule has 16 nitrogen and oxygen atoms in total. The molecule has 0 aromatic rings. The van der Waals surface area contributed by atoms with Crippen molar-refractivity contribution in [1.82, 2.24) is 0 Å². The van der Waals surface area contributed by atoms with E-state index in [0.717, 1.165) is 193 Å². The molecule has 0 fully saturated rings. The van der Waals surface area contributed by atoms with E-state index in [0.29, 0.717) is 19.3 Å². The number of unbranched alkanes of at least 4 members (excludes halogenated alkanes) is 29. The summed E-state index contributed by atoms with van der Waals surface area (Å²) in [6.07, 6.45) is 101. The third-order valence-electron chi connectivity index (χ3n) is 17.2. The molecular weight excluding hydrogens is 1390 g/mol. The highest BCUT2D eigenvalue weighted by Gasteiger charge is 2.29. The molecule has 0 aliphatic heterocycles. The zero-order chi connectivity index (χ0) is 78.0. The molecule has 0 heterocycles. The Morgan fingerprint density at radius 1 is 0.262 bits per heavy atom. The predicted molar refractivity (Wildman–Crippen MR) is 445 cm³/mol. The maximum absolute atomic E-state index is 13.0. The van der Waals surface area contributed by atoms with E-state index in [1.165, 1.54) is 77.0 Å². The Labute approximate surface area is 650 Å². The van der Waals surface area contributed by atoms with Crippen LogP contribution >= 0.6 is 15.6 Å². The molecule has 18 heteroatoms. The number of aliphatic hydroxyl groups is 2. The number of carbonyl (C=O) groups is 3. The molecule has 5 unspecified atom stereocenters. The van der Waals surface area contributed by atoms with Gasteiger partial charge in [-0.3, -0.25) is 32.5 Å². The summed E-state index contributed by atoms with van der Waals surface area (Å²) in [4.78, 5) is 58.8. The zero-order valence-corrected chi connectivity index (χ0v) is 68.8. The SMILES string of the molecule is CC/C=C\C/C=C\C/C=C\C/C=C\C/C=C\CCCCCCCCCCCCCCCCCC(=O)OCC(O)COP(=O)(O)OCC(O)COP(=O)(O)OCC(COC(=O)CCCCCCCCC/C=C\C/C=C\C/C=C\C/C=C\C/C=C\CC)OC(=O)CCCCCCCCC/C=C\C/C=C\C/C=C\CC. The van der Waals surface area contributed by atoms with Gasteiger partial charge in [-0.25, -0.2) is 9.13 Å². The molecule has 0 spiro atoms. The maximum Gasteiger partial charge on any atom is 0.472 e. The van der Waals surface area contributed by atoms with Gasteiger partial charge in [0.25, 0.3) is 0 Å². The van der Waals surface area contributed by atoms with Crippen LogP contribution in [0.4, 0.5) is 0 Å². The molecule has 0 bridgehead atoms. The number of aliphatic hydroxyl groups excluding tert-OH is 2. The van der Waals surface area contributed by atoms with Crippen LogP contribution in [0, 0.1) is 0 Å². The van der Waals surface area contributed by atoms with Crippen molar-refractivity contribution < 1.29 is 75.8 Å². The summed E-state index contributed by atoms with van der Waals surface area (Å²) in [7, 11) is -9.81. The molecule has 0 rings (SSSR count). The molecule has 0 amide bonds. The van der Waals surface area contributed by atoms with Gasteiger partial charge in [0, 0.05) is 19.3 Å². The van der Waals surface area contributed by atoms with Crippen LogP contribution in [0.25, 0.3) is 0 Å². The van der Waals surface area contributed by atoms with E-state index >= 15 is 0 Å². The van der Waals surface area contributed by atoms with Crippen LogP contribution in [0.1, 0.15) is 329 Å². The predicted octanol–water partition coefficient (Wildman–Crippen LogP) is 25.0. The highest BCUT2D eigenvalue weighted by atomic mass is 31.2. The van der Waals surface area contributed by atoms with Gasteiger partial charge in [0.1, 0.15) is 25.4 Å². The molecule has 612 valence electrons. The lowest BCUT2D eigenvalue weighted by molar-refractivity contribution is -0.161. The highest BCUT2D eigenvalue weighted by molar-refractivity contribution is 7.47. The van der Waals surface area contributed by atoms with E-state index in [4.69, 9.17) is 32.3 Å². The second kappa shape index (κ2) is 80.7. The number of hydrogen-bond donors (Lipinski definition) is 4. The fraction of sp³-hybridized carbons (Fsp3) is 0.674. The summed E-state index contributed by atoms with van der Waals surface area (Å²) in [5.41, 5.74) is 0. The summed E-state index contributed by atoms with van der Waals surface area (Å²) in [5, 5.41) is 20.7. The largest absolute Gasteiger partial charge is 0.472 e. The lowest BCUT2D eigenvalue weighted by Gasteiger charge is -2.21. The van der Waals surface area contributed by atoms with Crippen molar-refractivity contribution in [2.75, 3.05) is 39.6 Å². The number of esters is 3. The summed E-state index contributed by atoms with van der Waals surface area (Å²) in [6, 6.07) is 0. The van der Waals surface area contributed by atoms with Crippen molar-refractivity contribution in [2.24, 2.45) is 0 Å². The summed E-state index contributed by atoms with van der Waals surface area (Å²) >= 11 is 0. The Morgan fingerprint density at radius 2 is 0.467 bits per heavy atom. The topological polar surface area (TPSA) is 231 Å². The first kappa shape index (κ1) is 102. The Kier molecular flexibility index (Phi) is 77.0. The maximum atomic E-state index is 13.0. The van der Waals surface area contributed by atoms with Crippen LogP contribution in [-0.4, -0.2) is 95.9 Å². The van der Waals surface area contributed by atoms with Gasteiger partial charge >= 0.3 is 33.6 Å². The molecule has 0 saturated heterocycles. The van der Waals surface area contributed by atoms with Crippen LogP contribution in [0.15, 0.2) is 158 Å². The first-order valence-corrected chi connectivity index (χ1v) is 44.8. The normalized spacial score (nSPS) is 14.7. The van der Waals surface area contributed by atoms with Gasteiger partial charge in [-0.2, -0.15) is 0 Å². The number of phosphoric acid groups is 2. The molecular formula is C89H150O16P2. The van der Waals surface area contributed by atoms with Gasteiger partial charge in [0.05, 0.1) is 26.4 Å². The van der Waals surface area contributed by atoms with Gasteiger partial charge in [-0.05, 0) is 141 Å². The van der Waals surface area contributed by atoms with Crippen molar-refractivity contribution in [2.45, 2.75) is 347 Å². The zero-order valence-electron chi connectivity index (χ0n) is 67.0. The van der Waals surface area contributed by atoms with Gasteiger partial charge in [-0.1, -0.05) is 326 Å². The minimum absolute atomic E-state index is 0.0867. The molecule has 0 aliphatic rings. The third kappa shape index (κ3) is 82.0. The average molecular weight is 1540 g/mol. The number of allylic oxidation sites excluding steroid dienone is 26. The molecule has 0 saturated carbocycles. The molecule has 5 atom stereocenters. The lowest BCUT2D eigenvalue weighted by Crippen LogP contribution is -2.30. The lowest BCUT2D eigenvalue weighted by atomic mass is 10.0. The fourth-order valence-corrected chi connectivity index (χ4v) is 12.6. The number of phosphoric ester groups is 2. The van der Waals surface area contributed by atoms with Crippen LogP contribution in [0.5, 0.6) is 0 Å². The second-order valence-electron chi connectivity index (χ2n) is 27.5. The first-order valence-electron chi connectivity index (χ1n) is 41.8. The van der Waals surface area contributed by atoms with Crippen LogP contribution in [0.3, 0.4) is 0 Å². The van der Waals surface area contributed by atoms with Crippen molar-refractivity contribution >= 4 is 33.6 Å². The molecule has 4 N–H and O–H groups in total. The highest BCUT2D eigenvalue weighted by Crippen LogP contribution is 2.45. The van der Waals surface area contributed by atoms with Crippen LogP contribution < -0.4 is 0 Å². The molecule has 0 radical (unpaired) electrons. The van der Waals surface area contributed by atoms with Crippen molar-refractivity contribution in [1.29, 1.82) is 0 Å². The molecule has 0 aromatic carbocycles.